The zero-order valence-corrected chi connectivity index (χ0v) is 8.08. The third kappa shape index (κ3) is 1.59. The number of nitrogens with zero attached hydrogens (tertiary/aromatic N) is 3. The van der Waals surface area contributed by atoms with Crippen molar-refractivity contribution in [2.24, 2.45) is 7.05 Å². The summed E-state index contributed by atoms with van der Waals surface area (Å²) in [5.74, 6) is -1.03. The van der Waals surface area contributed by atoms with Crippen molar-refractivity contribution < 1.29 is 9.90 Å². The summed E-state index contributed by atoms with van der Waals surface area (Å²) in [4.78, 5) is 11.0. The molecule has 0 aliphatic carbocycles. The number of aromatic carboxylic acids is 1. The minimum Gasteiger partial charge on any atom is -0.476 e. The average molecular weight is 203 g/mol. The number of carbonyl (C=O) groups is 1. The van der Waals surface area contributed by atoms with Gasteiger partial charge < -0.3 is 5.11 Å². The summed E-state index contributed by atoms with van der Waals surface area (Å²) in [6.45, 7) is 0. The molecular formula is C10H9N3O2. The highest BCUT2D eigenvalue weighted by atomic mass is 16.4. The number of hydrogen-bond acceptors (Lipinski definition) is 3. The van der Waals surface area contributed by atoms with Crippen LogP contribution >= 0.6 is 0 Å². The molecule has 1 aromatic carbocycles. The summed E-state index contributed by atoms with van der Waals surface area (Å²) in [5.41, 5.74) is 1.25. The van der Waals surface area contributed by atoms with Crippen LogP contribution in [0.5, 0.6) is 0 Å². The molecule has 1 heterocycles. The summed E-state index contributed by atoms with van der Waals surface area (Å²) in [6.07, 6.45) is 0. The number of rotatable bonds is 2. The number of aromatic nitrogens is 3. The van der Waals surface area contributed by atoms with Crippen LogP contribution in [0.1, 0.15) is 10.5 Å². The standard InChI is InChI=1S/C10H9N3O2/c1-13-9(10(14)15)8(11-12-13)7-5-3-2-4-6-7/h2-6H,1H3,(H,14,15). The second kappa shape index (κ2) is 3.53. The Morgan fingerprint density at radius 3 is 2.60 bits per heavy atom. The van der Waals surface area contributed by atoms with Gasteiger partial charge in [0, 0.05) is 12.6 Å². The minimum absolute atomic E-state index is 0.0983. The van der Waals surface area contributed by atoms with Crippen LogP contribution in [0.15, 0.2) is 30.3 Å². The normalized spacial score (nSPS) is 10.2. The Hall–Kier alpha value is -2.17. The Labute approximate surface area is 86.0 Å². The van der Waals surface area contributed by atoms with E-state index in [0.717, 1.165) is 5.56 Å². The smallest absolute Gasteiger partial charge is 0.356 e. The van der Waals surface area contributed by atoms with E-state index in [-0.39, 0.29) is 5.69 Å². The monoisotopic (exact) mass is 203 g/mol. The first kappa shape index (κ1) is 9.39. The van der Waals surface area contributed by atoms with E-state index in [9.17, 15) is 4.79 Å². The van der Waals surface area contributed by atoms with Crippen molar-refractivity contribution in [3.8, 4) is 11.3 Å². The van der Waals surface area contributed by atoms with Gasteiger partial charge in [-0.15, -0.1) is 5.10 Å². The first-order valence-electron chi connectivity index (χ1n) is 4.38. The summed E-state index contributed by atoms with van der Waals surface area (Å²) in [5, 5.41) is 16.5. The fourth-order valence-electron chi connectivity index (χ4n) is 1.39. The molecule has 0 saturated carbocycles. The number of hydrogen-bond donors (Lipinski definition) is 1. The lowest BCUT2D eigenvalue weighted by Crippen LogP contribution is -2.06. The molecule has 2 aromatic rings. The third-order valence-electron chi connectivity index (χ3n) is 2.08. The molecule has 0 atom stereocenters. The molecule has 76 valence electrons. The highest BCUT2D eigenvalue weighted by Crippen LogP contribution is 2.19. The maximum atomic E-state index is 11.0. The van der Waals surface area contributed by atoms with Crippen LogP contribution in [0, 0.1) is 0 Å². The van der Waals surface area contributed by atoms with Crippen molar-refractivity contribution in [3.05, 3.63) is 36.0 Å². The van der Waals surface area contributed by atoms with Crippen LogP contribution in [-0.2, 0) is 7.05 Å². The molecule has 1 aromatic heterocycles. The Balaban J connectivity index is 2.59. The molecule has 2 rings (SSSR count). The van der Waals surface area contributed by atoms with E-state index in [1.54, 1.807) is 19.2 Å². The molecule has 5 nitrogen and oxygen atoms in total. The lowest BCUT2D eigenvalue weighted by Gasteiger charge is -1.98. The summed E-state index contributed by atoms with van der Waals surface area (Å²) in [6, 6.07) is 9.12. The van der Waals surface area contributed by atoms with Crippen molar-refractivity contribution in [3.63, 3.8) is 0 Å². The van der Waals surface area contributed by atoms with Gasteiger partial charge in [0.1, 0.15) is 5.69 Å². The van der Waals surface area contributed by atoms with E-state index in [4.69, 9.17) is 5.11 Å². The fourth-order valence-corrected chi connectivity index (χ4v) is 1.39. The molecule has 0 spiro atoms. The first-order chi connectivity index (χ1) is 7.20. The van der Waals surface area contributed by atoms with Crippen LogP contribution < -0.4 is 0 Å². The van der Waals surface area contributed by atoms with E-state index >= 15 is 0 Å². The van der Waals surface area contributed by atoms with Gasteiger partial charge in [0.05, 0.1) is 0 Å². The van der Waals surface area contributed by atoms with Crippen molar-refractivity contribution in [1.82, 2.24) is 15.0 Å². The molecule has 0 unspecified atom stereocenters. The quantitative estimate of drug-likeness (QED) is 0.795. The van der Waals surface area contributed by atoms with Gasteiger partial charge in [0.25, 0.3) is 0 Å². The molecule has 0 saturated heterocycles. The van der Waals surface area contributed by atoms with Crippen LogP contribution in [0.4, 0.5) is 0 Å². The summed E-state index contributed by atoms with van der Waals surface area (Å²) >= 11 is 0. The highest BCUT2D eigenvalue weighted by Gasteiger charge is 2.18. The maximum Gasteiger partial charge on any atom is 0.356 e. The van der Waals surface area contributed by atoms with Crippen molar-refractivity contribution in [2.45, 2.75) is 0 Å². The van der Waals surface area contributed by atoms with Gasteiger partial charge >= 0.3 is 5.97 Å². The zero-order chi connectivity index (χ0) is 10.8. The Kier molecular flexibility index (Phi) is 2.21. The second-order valence-corrected chi connectivity index (χ2v) is 3.08. The number of carboxylic acids is 1. The molecule has 5 heteroatoms. The van der Waals surface area contributed by atoms with E-state index in [0.29, 0.717) is 5.69 Å². The van der Waals surface area contributed by atoms with Gasteiger partial charge in [0.2, 0.25) is 0 Å². The van der Waals surface area contributed by atoms with Crippen LogP contribution in [0.25, 0.3) is 11.3 Å². The van der Waals surface area contributed by atoms with Gasteiger partial charge in [-0.2, -0.15) is 0 Å². The molecule has 0 amide bonds. The minimum atomic E-state index is -1.03. The Morgan fingerprint density at radius 1 is 1.33 bits per heavy atom. The SMILES string of the molecule is Cn1nnc(-c2ccccc2)c1C(=O)O. The van der Waals surface area contributed by atoms with Crippen molar-refractivity contribution in [2.75, 3.05) is 0 Å². The van der Waals surface area contributed by atoms with Crippen LogP contribution in [0.2, 0.25) is 0 Å². The van der Waals surface area contributed by atoms with Gasteiger partial charge in [-0.3, -0.25) is 0 Å². The Morgan fingerprint density at radius 2 is 2.00 bits per heavy atom. The molecule has 0 aliphatic rings. The lowest BCUT2D eigenvalue weighted by molar-refractivity contribution is 0.0686. The number of carboxylic acid groups (broad SMARTS) is 1. The van der Waals surface area contributed by atoms with E-state index < -0.39 is 5.97 Å². The van der Waals surface area contributed by atoms with E-state index in [2.05, 4.69) is 10.3 Å². The molecule has 0 aliphatic heterocycles. The van der Waals surface area contributed by atoms with Crippen molar-refractivity contribution >= 4 is 5.97 Å². The molecule has 15 heavy (non-hydrogen) atoms. The van der Waals surface area contributed by atoms with Gasteiger partial charge in [-0.05, 0) is 0 Å². The van der Waals surface area contributed by atoms with Crippen LogP contribution in [-0.4, -0.2) is 26.1 Å². The molecule has 0 bridgehead atoms. The van der Waals surface area contributed by atoms with Gasteiger partial charge in [-0.25, -0.2) is 9.48 Å². The zero-order valence-electron chi connectivity index (χ0n) is 8.08. The van der Waals surface area contributed by atoms with Gasteiger partial charge in [-0.1, -0.05) is 35.5 Å². The fraction of sp³-hybridized carbons (Fsp3) is 0.100. The van der Waals surface area contributed by atoms with Gasteiger partial charge in [0.15, 0.2) is 5.69 Å². The van der Waals surface area contributed by atoms with Crippen molar-refractivity contribution in [1.29, 1.82) is 0 Å². The molecule has 1 N–H and O–H groups in total. The predicted octanol–water partition coefficient (Wildman–Crippen LogP) is 1.18. The average Bonchev–Trinajstić information content (AvgIpc) is 2.61. The predicted molar refractivity (Wildman–Crippen MR) is 53.4 cm³/mol. The van der Waals surface area contributed by atoms with E-state index in [1.807, 2.05) is 18.2 Å². The first-order valence-corrected chi connectivity index (χ1v) is 4.38. The lowest BCUT2D eigenvalue weighted by atomic mass is 10.1. The second-order valence-electron chi connectivity index (χ2n) is 3.08. The number of benzene rings is 1. The largest absolute Gasteiger partial charge is 0.476 e. The maximum absolute atomic E-state index is 11.0. The van der Waals surface area contributed by atoms with Crippen LogP contribution in [0.3, 0.4) is 0 Å². The van der Waals surface area contributed by atoms with E-state index in [1.165, 1.54) is 4.68 Å². The Bertz CT molecular complexity index is 491. The molecular weight excluding hydrogens is 194 g/mol. The summed E-state index contributed by atoms with van der Waals surface area (Å²) in [7, 11) is 1.56. The topological polar surface area (TPSA) is 68.0 Å². The molecule has 0 fully saturated rings. The summed E-state index contributed by atoms with van der Waals surface area (Å²) < 4.78 is 1.25. The highest BCUT2D eigenvalue weighted by molar-refractivity contribution is 5.92. The molecule has 0 radical (unpaired) electrons. The number of aryl methyl sites for hydroxylation is 1. The third-order valence-corrected chi connectivity index (χ3v) is 2.08.